The number of halogens is 2. The van der Waals surface area contributed by atoms with Crippen LogP contribution in [0.4, 0.5) is 0 Å². The summed E-state index contributed by atoms with van der Waals surface area (Å²) in [6, 6.07) is 16.0. The standard InChI is InChI=1S/C13H7Br2NS/c14-9-4-6-10(7-5-9)17-13-3-1-2-12(15)11(13)8-16/h1-7H. The minimum atomic E-state index is 0.681. The zero-order valence-electron chi connectivity index (χ0n) is 8.65. The van der Waals surface area contributed by atoms with Gasteiger partial charge in [0.05, 0.1) is 5.56 Å². The smallest absolute Gasteiger partial charge is 0.102 e. The predicted molar refractivity (Wildman–Crippen MR) is 77.1 cm³/mol. The Hall–Kier alpha value is -0.760. The summed E-state index contributed by atoms with van der Waals surface area (Å²) in [5.74, 6) is 0. The fraction of sp³-hybridized carbons (Fsp3) is 0. The van der Waals surface area contributed by atoms with Crippen molar-refractivity contribution in [3.63, 3.8) is 0 Å². The summed E-state index contributed by atoms with van der Waals surface area (Å²) in [5, 5.41) is 9.12. The van der Waals surface area contributed by atoms with E-state index in [1.807, 2.05) is 42.5 Å². The number of nitrogens with zero attached hydrogens (tertiary/aromatic N) is 1. The van der Waals surface area contributed by atoms with Crippen LogP contribution in [-0.2, 0) is 0 Å². The van der Waals surface area contributed by atoms with Crippen LogP contribution in [0.3, 0.4) is 0 Å². The fourth-order valence-electron chi connectivity index (χ4n) is 1.33. The lowest BCUT2D eigenvalue weighted by Crippen LogP contribution is -1.82. The number of hydrogen-bond donors (Lipinski definition) is 0. The van der Waals surface area contributed by atoms with Gasteiger partial charge in [0.1, 0.15) is 6.07 Å². The van der Waals surface area contributed by atoms with Crippen molar-refractivity contribution in [2.45, 2.75) is 9.79 Å². The third-order valence-electron chi connectivity index (χ3n) is 2.13. The highest BCUT2D eigenvalue weighted by Gasteiger charge is 2.07. The highest BCUT2D eigenvalue weighted by molar-refractivity contribution is 9.10. The molecule has 0 aliphatic carbocycles. The summed E-state index contributed by atoms with van der Waals surface area (Å²) in [7, 11) is 0. The second-order valence-corrected chi connectivity index (χ2v) is 6.17. The Labute approximate surface area is 121 Å². The Kier molecular flexibility index (Phi) is 4.27. The first-order chi connectivity index (χ1) is 8.20. The van der Waals surface area contributed by atoms with Crippen molar-refractivity contribution in [2.24, 2.45) is 0 Å². The van der Waals surface area contributed by atoms with Crippen molar-refractivity contribution in [3.8, 4) is 6.07 Å². The van der Waals surface area contributed by atoms with Gasteiger partial charge in [-0.2, -0.15) is 5.26 Å². The Morgan fingerprint density at radius 1 is 1.00 bits per heavy atom. The summed E-state index contributed by atoms with van der Waals surface area (Å²) in [4.78, 5) is 2.08. The van der Waals surface area contributed by atoms with E-state index < -0.39 is 0 Å². The minimum absolute atomic E-state index is 0.681. The summed E-state index contributed by atoms with van der Waals surface area (Å²) < 4.78 is 1.89. The van der Waals surface area contributed by atoms with E-state index in [4.69, 9.17) is 5.26 Å². The average molecular weight is 369 g/mol. The number of rotatable bonds is 2. The van der Waals surface area contributed by atoms with Gasteiger partial charge in [-0.3, -0.25) is 0 Å². The molecule has 2 rings (SSSR count). The first-order valence-corrected chi connectivity index (χ1v) is 7.23. The molecule has 0 saturated carbocycles. The molecule has 0 aliphatic rings. The maximum absolute atomic E-state index is 9.12. The summed E-state index contributed by atoms with van der Waals surface area (Å²) >= 11 is 8.38. The monoisotopic (exact) mass is 367 g/mol. The van der Waals surface area contributed by atoms with E-state index in [2.05, 4.69) is 37.9 Å². The molecule has 0 spiro atoms. The molecule has 0 radical (unpaired) electrons. The van der Waals surface area contributed by atoms with E-state index in [9.17, 15) is 0 Å². The first-order valence-electron chi connectivity index (χ1n) is 4.83. The van der Waals surface area contributed by atoms with Gasteiger partial charge in [0.25, 0.3) is 0 Å². The Morgan fingerprint density at radius 3 is 2.35 bits per heavy atom. The molecular weight excluding hydrogens is 362 g/mol. The maximum atomic E-state index is 9.12. The van der Waals surface area contributed by atoms with Gasteiger partial charge in [-0.25, -0.2) is 0 Å². The van der Waals surface area contributed by atoms with E-state index in [1.165, 1.54) is 0 Å². The number of benzene rings is 2. The lowest BCUT2D eigenvalue weighted by atomic mass is 10.2. The first kappa shape index (κ1) is 12.7. The second kappa shape index (κ2) is 5.72. The molecule has 17 heavy (non-hydrogen) atoms. The molecular formula is C13H7Br2NS. The van der Waals surface area contributed by atoms with Crippen LogP contribution >= 0.6 is 43.6 Å². The lowest BCUT2D eigenvalue weighted by Gasteiger charge is -2.05. The fourth-order valence-corrected chi connectivity index (χ4v) is 3.11. The van der Waals surface area contributed by atoms with Crippen LogP contribution in [0.15, 0.2) is 61.2 Å². The van der Waals surface area contributed by atoms with Crippen LogP contribution in [0.2, 0.25) is 0 Å². The van der Waals surface area contributed by atoms with E-state index >= 15 is 0 Å². The van der Waals surface area contributed by atoms with E-state index in [1.54, 1.807) is 11.8 Å². The normalized spacial score (nSPS) is 9.94. The van der Waals surface area contributed by atoms with Crippen LogP contribution in [0.25, 0.3) is 0 Å². The highest BCUT2D eigenvalue weighted by Crippen LogP contribution is 2.33. The van der Waals surface area contributed by atoms with Crippen molar-refractivity contribution in [1.29, 1.82) is 5.26 Å². The van der Waals surface area contributed by atoms with Crippen LogP contribution in [0.1, 0.15) is 5.56 Å². The van der Waals surface area contributed by atoms with Crippen LogP contribution in [-0.4, -0.2) is 0 Å². The van der Waals surface area contributed by atoms with Crippen LogP contribution in [0.5, 0.6) is 0 Å². The molecule has 0 amide bonds. The predicted octanol–water partition coefficient (Wildman–Crippen LogP) is 5.23. The molecule has 84 valence electrons. The summed E-state index contributed by atoms with van der Waals surface area (Å²) in [6.07, 6.45) is 0. The third-order valence-corrected chi connectivity index (χ3v) is 4.39. The van der Waals surface area contributed by atoms with Gasteiger partial charge in [-0.15, -0.1) is 0 Å². The molecule has 0 N–H and O–H groups in total. The molecule has 0 atom stereocenters. The lowest BCUT2D eigenvalue weighted by molar-refractivity contribution is 1.33. The zero-order valence-corrected chi connectivity index (χ0v) is 12.6. The van der Waals surface area contributed by atoms with Gasteiger partial charge in [0.15, 0.2) is 0 Å². The average Bonchev–Trinajstić information content (AvgIpc) is 2.32. The molecule has 0 aliphatic heterocycles. The second-order valence-electron chi connectivity index (χ2n) is 3.28. The van der Waals surface area contributed by atoms with Crippen LogP contribution in [0, 0.1) is 11.3 Å². The van der Waals surface area contributed by atoms with E-state index in [0.29, 0.717) is 5.56 Å². The number of hydrogen-bond acceptors (Lipinski definition) is 2. The van der Waals surface area contributed by atoms with Crippen molar-refractivity contribution in [2.75, 3.05) is 0 Å². The molecule has 2 aromatic rings. The maximum Gasteiger partial charge on any atom is 0.102 e. The molecule has 0 bridgehead atoms. The number of nitriles is 1. The Balaban J connectivity index is 2.34. The largest absolute Gasteiger partial charge is 0.192 e. The van der Waals surface area contributed by atoms with Gasteiger partial charge in [-0.1, -0.05) is 33.8 Å². The molecule has 1 nitrogen and oxygen atoms in total. The third kappa shape index (κ3) is 3.12. The highest BCUT2D eigenvalue weighted by atomic mass is 79.9. The van der Waals surface area contributed by atoms with Crippen LogP contribution < -0.4 is 0 Å². The van der Waals surface area contributed by atoms with Gasteiger partial charge in [-0.05, 0) is 52.3 Å². The molecule has 2 aromatic carbocycles. The van der Waals surface area contributed by atoms with Gasteiger partial charge in [0, 0.05) is 18.7 Å². The van der Waals surface area contributed by atoms with Crippen molar-refractivity contribution >= 4 is 43.6 Å². The van der Waals surface area contributed by atoms with Crippen molar-refractivity contribution in [3.05, 3.63) is 57.0 Å². The molecule has 0 heterocycles. The Morgan fingerprint density at radius 2 is 1.71 bits per heavy atom. The minimum Gasteiger partial charge on any atom is -0.192 e. The quantitative estimate of drug-likeness (QED) is 0.724. The van der Waals surface area contributed by atoms with Gasteiger partial charge < -0.3 is 0 Å². The SMILES string of the molecule is N#Cc1c(Br)cccc1Sc1ccc(Br)cc1. The molecule has 0 unspecified atom stereocenters. The van der Waals surface area contributed by atoms with E-state index in [-0.39, 0.29) is 0 Å². The summed E-state index contributed by atoms with van der Waals surface area (Å²) in [6.45, 7) is 0. The summed E-state index contributed by atoms with van der Waals surface area (Å²) in [5.41, 5.74) is 0.681. The molecule has 0 saturated heterocycles. The van der Waals surface area contributed by atoms with Crippen molar-refractivity contribution < 1.29 is 0 Å². The van der Waals surface area contributed by atoms with Gasteiger partial charge >= 0.3 is 0 Å². The van der Waals surface area contributed by atoms with Crippen molar-refractivity contribution in [1.82, 2.24) is 0 Å². The van der Waals surface area contributed by atoms with E-state index in [0.717, 1.165) is 18.7 Å². The molecule has 4 heteroatoms. The topological polar surface area (TPSA) is 23.8 Å². The molecule has 0 aromatic heterocycles. The zero-order chi connectivity index (χ0) is 12.3. The Bertz CT molecular complexity index is 573. The molecule has 0 fully saturated rings. The van der Waals surface area contributed by atoms with Gasteiger partial charge in [0.2, 0.25) is 0 Å².